The van der Waals surface area contributed by atoms with Crippen LogP contribution in [0.5, 0.6) is 0 Å². The van der Waals surface area contributed by atoms with Gasteiger partial charge in [0.1, 0.15) is 0 Å². The first-order chi connectivity index (χ1) is 11.1. The van der Waals surface area contributed by atoms with Gasteiger partial charge in [0.05, 0.1) is 30.9 Å². The Morgan fingerprint density at radius 1 is 1.46 bits per heavy atom. The van der Waals surface area contributed by atoms with E-state index in [1.54, 1.807) is 0 Å². The van der Waals surface area contributed by atoms with Crippen molar-refractivity contribution in [2.75, 3.05) is 19.7 Å². The largest absolute Gasteiger partial charge is 0.481 e. The second-order valence-corrected chi connectivity index (χ2v) is 5.78. The first-order valence-electron chi connectivity index (χ1n) is 7.38. The van der Waals surface area contributed by atoms with Crippen LogP contribution in [-0.4, -0.2) is 57.5 Å². The van der Waals surface area contributed by atoms with Crippen molar-refractivity contribution in [1.82, 2.24) is 14.7 Å². The molecule has 0 spiro atoms. The fraction of sp³-hybridized carbons (Fsp3) is 0.643. The Morgan fingerprint density at radius 3 is 2.67 bits per heavy atom. The first kappa shape index (κ1) is 18.2. The molecule has 1 aromatic heterocycles. The number of halogens is 3. The van der Waals surface area contributed by atoms with E-state index in [9.17, 15) is 22.8 Å². The lowest BCUT2D eigenvalue weighted by Gasteiger charge is -2.32. The number of aliphatic carboxylic acids is 1. The second-order valence-electron chi connectivity index (χ2n) is 5.78. The fourth-order valence-electron chi connectivity index (χ4n) is 2.59. The third kappa shape index (κ3) is 3.86. The average molecular weight is 349 g/mol. The van der Waals surface area contributed by atoms with E-state index >= 15 is 0 Å². The van der Waals surface area contributed by atoms with Crippen LogP contribution in [0.2, 0.25) is 0 Å². The molecular formula is C14H18F3N3O4. The van der Waals surface area contributed by atoms with E-state index in [2.05, 4.69) is 5.10 Å². The molecule has 0 radical (unpaired) electrons. The summed E-state index contributed by atoms with van der Waals surface area (Å²) >= 11 is 0. The molecule has 0 bridgehead atoms. The van der Waals surface area contributed by atoms with Crippen molar-refractivity contribution in [2.45, 2.75) is 38.6 Å². The fourth-order valence-corrected chi connectivity index (χ4v) is 2.59. The summed E-state index contributed by atoms with van der Waals surface area (Å²) in [6.07, 6.45) is -4.87. The highest BCUT2D eigenvalue weighted by atomic mass is 19.4. The van der Waals surface area contributed by atoms with E-state index in [1.807, 2.05) is 0 Å². The number of carboxylic acids is 1. The molecule has 1 fully saturated rings. The van der Waals surface area contributed by atoms with Gasteiger partial charge < -0.3 is 14.7 Å². The Bertz CT molecular complexity index is 627. The summed E-state index contributed by atoms with van der Waals surface area (Å²) in [5.41, 5.74) is -1.63. The highest BCUT2D eigenvalue weighted by Gasteiger charge is 2.42. The van der Waals surface area contributed by atoms with Gasteiger partial charge in [0.15, 0.2) is 5.69 Å². The monoisotopic (exact) mass is 349 g/mol. The summed E-state index contributed by atoms with van der Waals surface area (Å²) in [6.45, 7) is 3.17. The van der Waals surface area contributed by atoms with E-state index in [1.165, 1.54) is 18.7 Å². The van der Waals surface area contributed by atoms with Gasteiger partial charge in [0.25, 0.3) is 5.91 Å². The van der Waals surface area contributed by atoms with Crippen molar-refractivity contribution in [3.05, 3.63) is 17.5 Å². The van der Waals surface area contributed by atoms with Crippen molar-refractivity contribution in [3.63, 3.8) is 0 Å². The van der Waals surface area contributed by atoms with Crippen LogP contribution in [0.1, 0.15) is 42.4 Å². The lowest BCUT2D eigenvalue weighted by atomic mass is 10.1. The minimum atomic E-state index is -4.72. The molecule has 0 unspecified atom stereocenters. The quantitative estimate of drug-likeness (QED) is 0.896. The Labute approximate surface area is 136 Å². The van der Waals surface area contributed by atoms with Gasteiger partial charge in [-0.2, -0.15) is 18.3 Å². The molecule has 1 aromatic rings. The molecule has 1 N–H and O–H groups in total. The van der Waals surface area contributed by atoms with Gasteiger partial charge in [-0.25, -0.2) is 0 Å². The maximum absolute atomic E-state index is 13.3. The highest BCUT2D eigenvalue weighted by Crippen LogP contribution is 2.34. The van der Waals surface area contributed by atoms with Crippen molar-refractivity contribution < 1.29 is 32.6 Å². The van der Waals surface area contributed by atoms with E-state index < -0.39 is 41.5 Å². The maximum atomic E-state index is 13.3. The molecule has 1 aliphatic heterocycles. The number of hydrogen-bond donors (Lipinski definition) is 1. The minimum Gasteiger partial charge on any atom is -0.481 e. The molecule has 134 valence electrons. The van der Waals surface area contributed by atoms with Gasteiger partial charge in [0, 0.05) is 19.1 Å². The van der Waals surface area contributed by atoms with Gasteiger partial charge in [-0.15, -0.1) is 0 Å². The molecular weight excluding hydrogens is 331 g/mol. The van der Waals surface area contributed by atoms with Crippen LogP contribution in [0.25, 0.3) is 0 Å². The molecule has 24 heavy (non-hydrogen) atoms. The molecule has 10 heteroatoms. The highest BCUT2D eigenvalue weighted by molar-refractivity contribution is 5.95. The molecule has 1 saturated heterocycles. The van der Waals surface area contributed by atoms with Crippen molar-refractivity contribution >= 4 is 11.9 Å². The number of alkyl halides is 3. The zero-order valence-corrected chi connectivity index (χ0v) is 13.2. The van der Waals surface area contributed by atoms with Crippen LogP contribution in [-0.2, 0) is 15.7 Å². The Kier molecular flexibility index (Phi) is 5.16. The average Bonchev–Trinajstić information content (AvgIpc) is 2.91. The number of ether oxygens (including phenoxy) is 1. The molecule has 0 saturated carbocycles. The molecule has 2 rings (SSSR count). The lowest BCUT2D eigenvalue weighted by Crippen LogP contribution is -2.46. The summed E-state index contributed by atoms with van der Waals surface area (Å²) in [5, 5.41) is 12.5. The number of amides is 1. The van der Waals surface area contributed by atoms with Gasteiger partial charge in [-0.05, 0) is 13.8 Å². The molecule has 0 aromatic carbocycles. The minimum absolute atomic E-state index is 0.0728. The second kappa shape index (κ2) is 6.80. The Balaban J connectivity index is 2.28. The van der Waals surface area contributed by atoms with Gasteiger partial charge >= 0.3 is 12.1 Å². The number of morpholine rings is 1. The SMILES string of the molecule is CC(C)n1ncc(C(=O)N2CCO[C@H](CC(=O)O)C2)c1C(F)(F)F. The van der Waals surface area contributed by atoms with E-state index in [0.717, 1.165) is 10.9 Å². The van der Waals surface area contributed by atoms with Crippen molar-refractivity contribution in [2.24, 2.45) is 0 Å². The normalized spacial score (nSPS) is 18.9. The van der Waals surface area contributed by atoms with Crippen LogP contribution in [0.3, 0.4) is 0 Å². The predicted molar refractivity (Wildman–Crippen MR) is 75.5 cm³/mol. The summed E-state index contributed by atoms with van der Waals surface area (Å²) in [5.74, 6) is -1.93. The zero-order chi connectivity index (χ0) is 18.1. The third-order valence-corrected chi connectivity index (χ3v) is 3.61. The topological polar surface area (TPSA) is 84.7 Å². The Morgan fingerprint density at radius 2 is 2.12 bits per heavy atom. The number of nitrogens with zero attached hydrogens (tertiary/aromatic N) is 3. The van der Waals surface area contributed by atoms with E-state index in [-0.39, 0.29) is 26.1 Å². The number of rotatable bonds is 4. The van der Waals surface area contributed by atoms with E-state index in [0.29, 0.717) is 0 Å². The van der Waals surface area contributed by atoms with Gasteiger partial charge in [-0.3, -0.25) is 14.3 Å². The van der Waals surface area contributed by atoms with Crippen LogP contribution < -0.4 is 0 Å². The lowest BCUT2D eigenvalue weighted by molar-refractivity contribution is -0.145. The molecule has 0 aliphatic carbocycles. The van der Waals surface area contributed by atoms with Crippen molar-refractivity contribution in [1.29, 1.82) is 0 Å². The predicted octanol–water partition coefficient (Wildman–Crippen LogP) is 1.80. The summed E-state index contributed by atoms with van der Waals surface area (Å²) in [7, 11) is 0. The van der Waals surface area contributed by atoms with Crippen LogP contribution in [0.4, 0.5) is 13.2 Å². The number of carboxylic acid groups (broad SMARTS) is 1. The summed E-state index contributed by atoms with van der Waals surface area (Å²) in [6, 6.07) is -0.562. The third-order valence-electron chi connectivity index (χ3n) is 3.61. The standard InChI is InChI=1S/C14H18F3N3O4/c1-8(2)20-12(14(15,16)17)10(6-18-20)13(23)19-3-4-24-9(7-19)5-11(21)22/h6,8-9H,3-5,7H2,1-2H3,(H,21,22)/t9-/m1/s1. The van der Waals surface area contributed by atoms with Crippen LogP contribution in [0, 0.1) is 0 Å². The molecule has 1 atom stereocenters. The van der Waals surface area contributed by atoms with Crippen LogP contribution in [0.15, 0.2) is 6.20 Å². The van der Waals surface area contributed by atoms with E-state index in [4.69, 9.17) is 9.84 Å². The smallest absolute Gasteiger partial charge is 0.433 e. The first-order valence-corrected chi connectivity index (χ1v) is 7.38. The number of hydrogen-bond acceptors (Lipinski definition) is 4. The number of aromatic nitrogens is 2. The van der Waals surface area contributed by atoms with Crippen molar-refractivity contribution in [3.8, 4) is 0 Å². The molecule has 1 aliphatic rings. The summed E-state index contributed by atoms with van der Waals surface area (Å²) in [4.78, 5) is 24.4. The summed E-state index contributed by atoms with van der Waals surface area (Å²) < 4.78 is 46.0. The van der Waals surface area contributed by atoms with Gasteiger partial charge in [0.2, 0.25) is 0 Å². The molecule has 7 nitrogen and oxygen atoms in total. The maximum Gasteiger partial charge on any atom is 0.433 e. The molecule has 1 amide bonds. The number of carbonyl (C=O) groups is 2. The zero-order valence-electron chi connectivity index (χ0n) is 13.2. The number of carbonyl (C=O) groups excluding carboxylic acids is 1. The van der Waals surface area contributed by atoms with Gasteiger partial charge in [-0.1, -0.05) is 0 Å². The van der Waals surface area contributed by atoms with Crippen LogP contribution >= 0.6 is 0 Å². The molecule has 2 heterocycles. The Hall–Kier alpha value is -2.10.